The molecular formula is C8H10F2N2O2. The van der Waals surface area contributed by atoms with E-state index in [1.807, 2.05) is 0 Å². The lowest BCUT2D eigenvalue weighted by atomic mass is 10.2. The number of nitrogens with zero attached hydrogens (tertiary/aromatic N) is 2. The summed E-state index contributed by atoms with van der Waals surface area (Å²) in [5, 5.41) is 8.30. The number of halogens is 2. The lowest BCUT2D eigenvalue weighted by Crippen LogP contribution is -2.22. The molecule has 0 aliphatic carbocycles. The summed E-state index contributed by atoms with van der Waals surface area (Å²) in [7, 11) is 0. The van der Waals surface area contributed by atoms with Gasteiger partial charge in [0.15, 0.2) is 0 Å². The first-order valence-electron chi connectivity index (χ1n) is 4.07. The fourth-order valence-electron chi connectivity index (χ4n) is 1.16. The molecule has 0 saturated carbocycles. The standard InChI is InChI=1S/C8H10F2N2O2/c1-2-12-5-11-4-6(12)8(9,10)3-7(13)14/h4-5H,2-3H2,1H3,(H,13,14). The SMILES string of the molecule is CCn1cncc1C(F)(F)CC(=O)O. The Kier molecular flexibility index (Phi) is 2.83. The van der Waals surface area contributed by atoms with Gasteiger partial charge in [0.25, 0.3) is 5.92 Å². The number of rotatable bonds is 4. The highest BCUT2D eigenvalue weighted by atomic mass is 19.3. The Morgan fingerprint density at radius 1 is 1.71 bits per heavy atom. The summed E-state index contributed by atoms with van der Waals surface area (Å²) in [4.78, 5) is 13.8. The van der Waals surface area contributed by atoms with Crippen LogP contribution in [0.1, 0.15) is 19.0 Å². The highest BCUT2D eigenvalue weighted by Gasteiger charge is 2.37. The largest absolute Gasteiger partial charge is 0.481 e. The molecule has 0 spiro atoms. The average molecular weight is 204 g/mol. The van der Waals surface area contributed by atoms with Crippen LogP contribution in [-0.2, 0) is 17.3 Å². The van der Waals surface area contributed by atoms with Crippen LogP contribution in [-0.4, -0.2) is 20.6 Å². The summed E-state index contributed by atoms with van der Waals surface area (Å²) in [6.45, 7) is 2.02. The molecule has 0 aliphatic rings. The third-order valence-corrected chi connectivity index (χ3v) is 1.80. The second-order valence-corrected chi connectivity index (χ2v) is 2.84. The second kappa shape index (κ2) is 3.73. The molecule has 0 fully saturated rings. The highest BCUT2D eigenvalue weighted by Crippen LogP contribution is 2.31. The Morgan fingerprint density at radius 3 is 2.86 bits per heavy atom. The molecule has 1 aromatic heterocycles. The molecular weight excluding hydrogens is 194 g/mol. The molecule has 0 atom stereocenters. The van der Waals surface area contributed by atoms with Crippen molar-refractivity contribution in [2.75, 3.05) is 0 Å². The fourth-order valence-corrected chi connectivity index (χ4v) is 1.16. The summed E-state index contributed by atoms with van der Waals surface area (Å²) in [6, 6.07) is 0. The summed E-state index contributed by atoms with van der Waals surface area (Å²) in [5.74, 6) is -4.89. The van der Waals surface area contributed by atoms with Gasteiger partial charge in [-0.05, 0) is 6.92 Å². The van der Waals surface area contributed by atoms with Crippen LogP contribution in [0.2, 0.25) is 0 Å². The van der Waals surface area contributed by atoms with Crippen molar-refractivity contribution in [3.8, 4) is 0 Å². The molecule has 78 valence electrons. The van der Waals surface area contributed by atoms with Gasteiger partial charge in [0.05, 0.1) is 12.5 Å². The number of hydrogen-bond acceptors (Lipinski definition) is 2. The second-order valence-electron chi connectivity index (χ2n) is 2.84. The van der Waals surface area contributed by atoms with Gasteiger partial charge >= 0.3 is 5.97 Å². The van der Waals surface area contributed by atoms with Crippen molar-refractivity contribution in [3.05, 3.63) is 18.2 Å². The Labute approximate surface area is 79.2 Å². The molecule has 0 radical (unpaired) electrons. The van der Waals surface area contributed by atoms with Crippen LogP contribution < -0.4 is 0 Å². The van der Waals surface area contributed by atoms with Gasteiger partial charge in [-0.1, -0.05) is 0 Å². The van der Waals surface area contributed by atoms with Crippen LogP contribution >= 0.6 is 0 Å². The Morgan fingerprint density at radius 2 is 2.36 bits per heavy atom. The molecule has 0 aromatic carbocycles. The number of carboxylic acids is 1. The fraction of sp³-hybridized carbons (Fsp3) is 0.500. The Balaban J connectivity index is 2.96. The van der Waals surface area contributed by atoms with E-state index in [1.54, 1.807) is 6.92 Å². The summed E-state index contributed by atoms with van der Waals surface area (Å²) in [5.41, 5.74) is -0.359. The zero-order valence-corrected chi connectivity index (χ0v) is 7.57. The lowest BCUT2D eigenvalue weighted by Gasteiger charge is -2.15. The molecule has 14 heavy (non-hydrogen) atoms. The zero-order chi connectivity index (χ0) is 10.8. The molecule has 0 aliphatic heterocycles. The molecule has 1 rings (SSSR count). The normalized spacial score (nSPS) is 11.6. The third kappa shape index (κ3) is 2.07. The summed E-state index contributed by atoms with van der Waals surface area (Å²) in [6.07, 6.45) is 1.04. The zero-order valence-electron chi connectivity index (χ0n) is 7.57. The van der Waals surface area contributed by atoms with Crippen molar-refractivity contribution < 1.29 is 18.7 Å². The van der Waals surface area contributed by atoms with Crippen molar-refractivity contribution in [2.24, 2.45) is 0 Å². The minimum absolute atomic E-state index is 0.338. The predicted molar refractivity (Wildman–Crippen MR) is 44.0 cm³/mol. The lowest BCUT2D eigenvalue weighted by molar-refractivity contribution is -0.146. The molecule has 6 heteroatoms. The summed E-state index contributed by atoms with van der Waals surface area (Å²) >= 11 is 0. The van der Waals surface area contributed by atoms with Crippen molar-refractivity contribution >= 4 is 5.97 Å². The maximum Gasteiger partial charge on any atom is 0.309 e. The van der Waals surface area contributed by atoms with Gasteiger partial charge in [-0.25, -0.2) is 4.98 Å². The highest BCUT2D eigenvalue weighted by molar-refractivity contribution is 5.68. The number of alkyl halides is 2. The maximum atomic E-state index is 13.2. The van der Waals surface area contributed by atoms with Crippen molar-refractivity contribution in [1.82, 2.24) is 9.55 Å². The summed E-state index contributed by atoms with van der Waals surface area (Å²) < 4.78 is 27.7. The van der Waals surface area contributed by atoms with E-state index in [9.17, 15) is 13.6 Å². The van der Waals surface area contributed by atoms with Crippen LogP contribution in [0, 0.1) is 0 Å². The molecule has 1 N–H and O–H groups in total. The number of aromatic nitrogens is 2. The molecule has 1 heterocycles. The number of aliphatic carboxylic acids is 1. The molecule has 0 amide bonds. The van der Waals surface area contributed by atoms with Gasteiger partial charge in [0.1, 0.15) is 12.1 Å². The topological polar surface area (TPSA) is 55.1 Å². The third-order valence-electron chi connectivity index (χ3n) is 1.80. The molecule has 0 saturated heterocycles. The predicted octanol–water partition coefficient (Wildman–Crippen LogP) is 1.47. The smallest absolute Gasteiger partial charge is 0.309 e. The van der Waals surface area contributed by atoms with E-state index < -0.39 is 18.3 Å². The van der Waals surface area contributed by atoms with E-state index in [0.29, 0.717) is 6.54 Å². The van der Waals surface area contributed by atoms with Gasteiger partial charge < -0.3 is 9.67 Å². The first-order chi connectivity index (χ1) is 6.47. The van der Waals surface area contributed by atoms with Crippen molar-refractivity contribution in [3.63, 3.8) is 0 Å². The minimum atomic E-state index is -3.36. The van der Waals surface area contributed by atoms with E-state index in [-0.39, 0.29) is 5.69 Å². The van der Waals surface area contributed by atoms with E-state index in [2.05, 4.69) is 4.98 Å². The van der Waals surface area contributed by atoms with Gasteiger partial charge in [-0.3, -0.25) is 4.79 Å². The van der Waals surface area contributed by atoms with Crippen LogP contribution in [0.3, 0.4) is 0 Å². The quantitative estimate of drug-likeness (QED) is 0.807. The maximum absolute atomic E-state index is 13.2. The van der Waals surface area contributed by atoms with Crippen LogP contribution in [0.25, 0.3) is 0 Å². The van der Waals surface area contributed by atoms with E-state index in [4.69, 9.17) is 5.11 Å². The molecule has 0 unspecified atom stereocenters. The number of imidazole rings is 1. The number of carboxylic acid groups (broad SMARTS) is 1. The van der Waals surface area contributed by atoms with E-state index >= 15 is 0 Å². The van der Waals surface area contributed by atoms with Gasteiger partial charge in [0.2, 0.25) is 0 Å². The van der Waals surface area contributed by atoms with Gasteiger partial charge in [-0.15, -0.1) is 0 Å². The molecule has 0 bridgehead atoms. The first-order valence-corrected chi connectivity index (χ1v) is 4.07. The molecule has 1 aromatic rings. The van der Waals surface area contributed by atoms with Gasteiger partial charge in [0, 0.05) is 6.54 Å². The van der Waals surface area contributed by atoms with E-state index in [1.165, 1.54) is 10.9 Å². The minimum Gasteiger partial charge on any atom is -0.481 e. The first kappa shape index (κ1) is 10.6. The molecule has 4 nitrogen and oxygen atoms in total. The van der Waals surface area contributed by atoms with Crippen LogP contribution in [0.4, 0.5) is 8.78 Å². The van der Waals surface area contributed by atoms with Crippen molar-refractivity contribution in [2.45, 2.75) is 25.8 Å². The Bertz CT molecular complexity index is 336. The van der Waals surface area contributed by atoms with Crippen LogP contribution in [0.5, 0.6) is 0 Å². The average Bonchev–Trinajstić information content (AvgIpc) is 2.48. The van der Waals surface area contributed by atoms with Crippen molar-refractivity contribution in [1.29, 1.82) is 0 Å². The van der Waals surface area contributed by atoms with Crippen LogP contribution in [0.15, 0.2) is 12.5 Å². The van der Waals surface area contributed by atoms with Gasteiger partial charge in [-0.2, -0.15) is 8.78 Å². The Hall–Kier alpha value is -1.46. The monoisotopic (exact) mass is 204 g/mol. The number of carbonyl (C=O) groups is 1. The van der Waals surface area contributed by atoms with E-state index in [0.717, 1.165) is 6.20 Å². The number of hydrogen-bond donors (Lipinski definition) is 1. The number of aryl methyl sites for hydroxylation is 1.